The summed E-state index contributed by atoms with van der Waals surface area (Å²) in [5.41, 5.74) is 0. The van der Waals surface area contributed by atoms with Crippen LogP contribution >= 0.6 is 0 Å². The number of hydrogen-bond donors (Lipinski definition) is 0. The van der Waals surface area contributed by atoms with Crippen LogP contribution in [0.3, 0.4) is 0 Å². The van der Waals surface area contributed by atoms with Crippen molar-refractivity contribution in [2.45, 2.75) is 91.3 Å². The summed E-state index contributed by atoms with van der Waals surface area (Å²) in [5, 5.41) is 3.03. The molecule has 4 aromatic carbocycles. The van der Waals surface area contributed by atoms with Crippen molar-refractivity contribution in [3.05, 3.63) is 98.1 Å². The van der Waals surface area contributed by atoms with Gasteiger partial charge in [0, 0.05) is 46.9 Å². The van der Waals surface area contributed by atoms with Crippen molar-refractivity contribution < 1.29 is 42.7 Å². The number of rotatable bonds is 28. The van der Waals surface area contributed by atoms with Gasteiger partial charge in [0.25, 0.3) is 0 Å². The van der Waals surface area contributed by atoms with Gasteiger partial charge in [-0.25, -0.2) is 9.59 Å². The first-order valence-electron chi connectivity index (χ1n) is 20.6. The predicted molar refractivity (Wildman–Crippen MR) is 227 cm³/mol. The standard InChI is InChI=1S/C48H62O9/c1-7-13-20-35(9-3)29-51-31-39(56-45(49)11-5)33-53-47-41-24-18-19-25-42(41)48(44-28-38(26-27-43(44)47)55-37-22-16-15-17-23-37)54-34-40(57-46(50)12-6)32-52-30-36(10-4)21-14-8-2/h11-12,15-19,22-28,35-36,39-40H,5-10,13-14,20-21,29-34H2,1-4H3. The van der Waals surface area contributed by atoms with Gasteiger partial charge in [-0.3, -0.25) is 0 Å². The molecule has 9 heteroatoms. The van der Waals surface area contributed by atoms with Crippen LogP contribution in [0.15, 0.2) is 98.1 Å². The van der Waals surface area contributed by atoms with Crippen LogP contribution < -0.4 is 14.2 Å². The topological polar surface area (TPSA) is 98.8 Å². The molecule has 0 aliphatic carbocycles. The van der Waals surface area contributed by atoms with Gasteiger partial charge in [0.05, 0.1) is 13.2 Å². The molecule has 4 rings (SSSR count). The van der Waals surface area contributed by atoms with Gasteiger partial charge in [0.1, 0.15) is 36.2 Å². The highest BCUT2D eigenvalue weighted by Crippen LogP contribution is 2.44. The van der Waals surface area contributed by atoms with Gasteiger partial charge in [-0.2, -0.15) is 0 Å². The maximum absolute atomic E-state index is 12.5. The molecular formula is C48H62O9. The van der Waals surface area contributed by atoms with Crippen molar-refractivity contribution in [3.8, 4) is 23.0 Å². The minimum absolute atomic E-state index is 0.0301. The van der Waals surface area contributed by atoms with Gasteiger partial charge in [0.2, 0.25) is 0 Å². The van der Waals surface area contributed by atoms with E-state index in [1.807, 2.05) is 72.8 Å². The number of carbonyl (C=O) groups excluding carboxylic acids is 2. The van der Waals surface area contributed by atoms with Crippen molar-refractivity contribution in [2.75, 3.05) is 39.6 Å². The van der Waals surface area contributed by atoms with E-state index in [4.69, 9.17) is 33.2 Å². The second kappa shape index (κ2) is 24.7. The van der Waals surface area contributed by atoms with Gasteiger partial charge in [0.15, 0.2) is 12.2 Å². The number of benzene rings is 4. The van der Waals surface area contributed by atoms with Crippen molar-refractivity contribution in [1.29, 1.82) is 0 Å². The van der Waals surface area contributed by atoms with Crippen LogP contribution in [0.2, 0.25) is 0 Å². The van der Waals surface area contributed by atoms with E-state index < -0.39 is 24.1 Å². The highest BCUT2D eigenvalue weighted by atomic mass is 16.6. The van der Waals surface area contributed by atoms with Gasteiger partial charge >= 0.3 is 11.9 Å². The third kappa shape index (κ3) is 14.2. The van der Waals surface area contributed by atoms with E-state index in [-0.39, 0.29) is 26.4 Å². The fourth-order valence-corrected chi connectivity index (χ4v) is 6.62. The molecule has 4 aromatic rings. The third-order valence-corrected chi connectivity index (χ3v) is 10.0. The van der Waals surface area contributed by atoms with Crippen molar-refractivity contribution in [2.24, 2.45) is 11.8 Å². The van der Waals surface area contributed by atoms with Crippen LogP contribution in [0, 0.1) is 11.8 Å². The molecule has 0 aromatic heterocycles. The Hall–Kier alpha value is -4.86. The molecule has 0 aliphatic heterocycles. The van der Waals surface area contributed by atoms with E-state index in [0.29, 0.717) is 48.0 Å². The Morgan fingerprint density at radius 1 is 0.561 bits per heavy atom. The second-order valence-electron chi connectivity index (χ2n) is 14.4. The van der Waals surface area contributed by atoms with Crippen molar-refractivity contribution >= 4 is 33.5 Å². The molecule has 0 N–H and O–H groups in total. The van der Waals surface area contributed by atoms with E-state index >= 15 is 0 Å². The smallest absolute Gasteiger partial charge is 0.330 e. The van der Waals surface area contributed by atoms with Crippen molar-refractivity contribution in [1.82, 2.24) is 0 Å². The van der Waals surface area contributed by atoms with Crippen molar-refractivity contribution in [3.63, 3.8) is 0 Å². The maximum Gasteiger partial charge on any atom is 0.330 e. The molecule has 4 unspecified atom stereocenters. The summed E-state index contributed by atoms with van der Waals surface area (Å²) in [5.74, 6) is 2.18. The first-order valence-corrected chi connectivity index (χ1v) is 20.6. The molecule has 0 aliphatic rings. The Kier molecular flexibility index (Phi) is 19.4. The van der Waals surface area contributed by atoms with Crippen LogP contribution in [0.25, 0.3) is 21.5 Å². The van der Waals surface area contributed by atoms with E-state index in [2.05, 4.69) is 40.9 Å². The minimum Gasteiger partial charge on any atom is -0.488 e. The summed E-state index contributed by atoms with van der Waals surface area (Å²) in [7, 11) is 0. The average molecular weight is 783 g/mol. The first kappa shape index (κ1) is 44.8. The first-order chi connectivity index (χ1) is 27.8. The van der Waals surface area contributed by atoms with E-state index in [0.717, 1.165) is 85.1 Å². The Balaban J connectivity index is 1.69. The number of fused-ring (bicyclic) bond motifs is 2. The average Bonchev–Trinajstić information content (AvgIpc) is 3.24. The molecule has 0 spiro atoms. The van der Waals surface area contributed by atoms with Gasteiger partial charge in [-0.05, 0) is 55.0 Å². The zero-order chi connectivity index (χ0) is 40.8. The molecule has 0 saturated heterocycles. The number of unbranched alkanes of at least 4 members (excludes halogenated alkanes) is 2. The number of para-hydroxylation sites is 1. The lowest BCUT2D eigenvalue weighted by Gasteiger charge is -2.23. The minimum atomic E-state index is -0.692. The summed E-state index contributed by atoms with van der Waals surface area (Å²) in [6, 6.07) is 23.1. The lowest BCUT2D eigenvalue weighted by molar-refractivity contribution is -0.149. The fraction of sp³-hybridized carbons (Fsp3) is 0.458. The number of ether oxygens (including phenoxy) is 7. The number of esters is 2. The van der Waals surface area contributed by atoms with Crippen LogP contribution in [-0.4, -0.2) is 63.8 Å². The monoisotopic (exact) mass is 782 g/mol. The van der Waals surface area contributed by atoms with E-state index in [1.165, 1.54) is 0 Å². The highest BCUT2D eigenvalue weighted by Gasteiger charge is 2.23. The Bertz CT molecular complexity index is 1840. The summed E-state index contributed by atoms with van der Waals surface area (Å²) < 4.78 is 43.2. The molecule has 0 radical (unpaired) electrons. The molecule has 0 saturated carbocycles. The summed E-state index contributed by atoms with van der Waals surface area (Å²) in [6.07, 6.45) is 9.66. The van der Waals surface area contributed by atoms with Crippen LogP contribution in [0.5, 0.6) is 23.0 Å². The molecule has 0 heterocycles. The Morgan fingerprint density at radius 3 is 1.51 bits per heavy atom. The van der Waals surface area contributed by atoms with Gasteiger partial charge < -0.3 is 33.2 Å². The third-order valence-electron chi connectivity index (χ3n) is 10.0. The lowest BCUT2D eigenvalue weighted by Crippen LogP contribution is -2.30. The Labute approximate surface area is 339 Å². The molecule has 308 valence electrons. The quantitative estimate of drug-likeness (QED) is 0.0317. The van der Waals surface area contributed by atoms with Crippen LogP contribution in [0.1, 0.15) is 79.1 Å². The SMILES string of the molecule is C=CC(=O)OC(COCC(CC)CCCC)COc1c2ccccc2c(OCC(COCC(CC)CCCC)OC(=O)C=C)c2cc(Oc3ccccc3)ccc12. The fourth-order valence-electron chi connectivity index (χ4n) is 6.62. The number of carbonyl (C=O) groups is 2. The molecule has 0 fully saturated rings. The summed E-state index contributed by atoms with van der Waals surface area (Å²) >= 11 is 0. The van der Waals surface area contributed by atoms with Gasteiger partial charge in [-0.1, -0.05) is 122 Å². The lowest BCUT2D eigenvalue weighted by atomic mass is 10.00. The highest BCUT2D eigenvalue weighted by molar-refractivity contribution is 6.11. The van der Waals surface area contributed by atoms with Gasteiger partial charge in [-0.15, -0.1) is 0 Å². The second-order valence-corrected chi connectivity index (χ2v) is 14.4. The van der Waals surface area contributed by atoms with E-state index in [9.17, 15) is 9.59 Å². The molecule has 0 bridgehead atoms. The van der Waals surface area contributed by atoms with Crippen LogP contribution in [-0.2, 0) is 28.5 Å². The molecule has 0 amide bonds. The Morgan fingerprint density at radius 2 is 1.04 bits per heavy atom. The van der Waals surface area contributed by atoms with Crippen LogP contribution in [0.4, 0.5) is 0 Å². The normalized spacial score (nSPS) is 13.3. The largest absolute Gasteiger partial charge is 0.488 e. The molecular weight excluding hydrogens is 721 g/mol. The molecule has 4 atom stereocenters. The predicted octanol–water partition coefficient (Wildman–Crippen LogP) is 11.2. The summed E-state index contributed by atoms with van der Waals surface area (Å²) in [6.45, 7) is 17.4. The zero-order valence-corrected chi connectivity index (χ0v) is 34.4. The zero-order valence-electron chi connectivity index (χ0n) is 34.4. The summed E-state index contributed by atoms with van der Waals surface area (Å²) in [4.78, 5) is 24.9. The molecule has 9 nitrogen and oxygen atoms in total. The maximum atomic E-state index is 12.5. The number of hydrogen-bond acceptors (Lipinski definition) is 9. The molecule has 57 heavy (non-hydrogen) atoms. The van der Waals surface area contributed by atoms with E-state index in [1.54, 1.807) is 0 Å².